The maximum atomic E-state index is 12.9. The number of anilines is 1. The number of hydrogen-bond donors (Lipinski definition) is 0. The van der Waals surface area contributed by atoms with Crippen LogP contribution in [0.25, 0.3) is 0 Å². The van der Waals surface area contributed by atoms with E-state index in [1.54, 1.807) is 42.3 Å². The van der Waals surface area contributed by atoms with E-state index >= 15 is 0 Å². The van der Waals surface area contributed by atoms with Gasteiger partial charge < -0.3 is 9.64 Å². The Morgan fingerprint density at radius 2 is 1.67 bits per heavy atom. The number of carbonyl (C=O) groups excluding carboxylic acids is 3. The molecule has 1 aliphatic heterocycles. The van der Waals surface area contributed by atoms with Crippen LogP contribution in [0.3, 0.4) is 0 Å². The van der Waals surface area contributed by atoms with Crippen LogP contribution in [0.1, 0.15) is 38.8 Å². The predicted octanol–water partition coefficient (Wildman–Crippen LogP) is 3.45. The third-order valence-corrected chi connectivity index (χ3v) is 5.68. The fraction of sp³-hybridized carbons (Fsp3) is 0.208. The second kappa shape index (κ2) is 10.1. The van der Waals surface area contributed by atoms with E-state index in [2.05, 4.69) is 9.97 Å². The number of nitrogens with zero attached hydrogens (tertiary/aromatic N) is 4. The van der Waals surface area contributed by atoms with E-state index in [1.165, 1.54) is 4.90 Å². The van der Waals surface area contributed by atoms with Crippen molar-refractivity contribution in [3.63, 3.8) is 0 Å². The lowest BCUT2D eigenvalue weighted by Gasteiger charge is -2.26. The van der Waals surface area contributed by atoms with Gasteiger partial charge in [-0.1, -0.05) is 42.5 Å². The molecule has 33 heavy (non-hydrogen) atoms. The van der Waals surface area contributed by atoms with Crippen molar-refractivity contribution in [3.8, 4) is 0 Å². The van der Waals surface area contributed by atoms with Gasteiger partial charge in [-0.2, -0.15) is 0 Å². The van der Waals surface area contributed by atoms with Crippen LogP contribution in [-0.4, -0.2) is 45.8 Å². The van der Waals surface area contributed by atoms with Crippen molar-refractivity contribution < 1.29 is 19.1 Å². The summed E-state index contributed by atoms with van der Waals surface area (Å²) in [6, 6.07) is 16.4. The number of aromatic nitrogens is 2. The van der Waals surface area contributed by atoms with Gasteiger partial charge in [0.2, 0.25) is 0 Å². The molecule has 0 saturated carbocycles. The first-order valence-electron chi connectivity index (χ1n) is 10.4. The highest BCUT2D eigenvalue weighted by Gasteiger charge is 2.36. The van der Waals surface area contributed by atoms with Crippen molar-refractivity contribution in [1.82, 2.24) is 14.9 Å². The van der Waals surface area contributed by atoms with Crippen LogP contribution < -0.4 is 4.90 Å². The number of amides is 2. The first-order valence-corrected chi connectivity index (χ1v) is 11.5. The van der Waals surface area contributed by atoms with Gasteiger partial charge in [-0.15, -0.1) is 0 Å². The van der Waals surface area contributed by atoms with E-state index in [0.29, 0.717) is 32.9 Å². The number of hydrogen-bond acceptors (Lipinski definition) is 7. The molecule has 2 amide bonds. The van der Waals surface area contributed by atoms with Crippen LogP contribution in [0.15, 0.2) is 60.8 Å². The summed E-state index contributed by atoms with van der Waals surface area (Å²) in [4.78, 5) is 50.0. The summed E-state index contributed by atoms with van der Waals surface area (Å²) in [5, 5.41) is 0. The van der Waals surface area contributed by atoms with Gasteiger partial charge in [0.15, 0.2) is 3.83 Å². The first-order chi connectivity index (χ1) is 16.0. The van der Waals surface area contributed by atoms with Crippen molar-refractivity contribution in [2.75, 3.05) is 18.1 Å². The summed E-state index contributed by atoms with van der Waals surface area (Å²) in [5.41, 5.74) is 2.29. The molecule has 168 valence electrons. The Bertz CT molecular complexity index is 1170. The molecule has 3 aromatic rings. The molecule has 4 rings (SSSR count). The van der Waals surface area contributed by atoms with Gasteiger partial charge in [0, 0.05) is 40.9 Å². The van der Waals surface area contributed by atoms with Crippen LogP contribution in [0, 0.1) is 3.83 Å². The topological polar surface area (TPSA) is 92.7 Å². The smallest absolute Gasteiger partial charge is 0.325 e. The number of benzene rings is 2. The highest BCUT2D eigenvalue weighted by molar-refractivity contribution is 14.1. The molecule has 0 radical (unpaired) electrons. The molecule has 0 spiro atoms. The minimum absolute atomic E-state index is 0.00723. The number of esters is 1. The van der Waals surface area contributed by atoms with E-state index in [4.69, 9.17) is 4.74 Å². The number of carbonyl (C=O) groups is 3. The van der Waals surface area contributed by atoms with Gasteiger partial charge in [-0.3, -0.25) is 19.3 Å². The summed E-state index contributed by atoms with van der Waals surface area (Å²) >= 11 is 2.00. The maximum Gasteiger partial charge on any atom is 0.325 e. The zero-order chi connectivity index (χ0) is 23.4. The second-order valence-corrected chi connectivity index (χ2v) is 8.34. The molecule has 0 aliphatic carbocycles. The van der Waals surface area contributed by atoms with Crippen LogP contribution in [0.4, 0.5) is 5.82 Å². The summed E-state index contributed by atoms with van der Waals surface area (Å²) in [6.45, 7) is 2.36. The van der Waals surface area contributed by atoms with Crippen LogP contribution >= 0.6 is 22.6 Å². The second-order valence-electron chi connectivity index (χ2n) is 7.38. The fourth-order valence-corrected chi connectivity index (χ4v) is 4.06. The van der Waals surface area contributed by atoms with E-state index in [1.807, 2.05) is 52.9 Å². The highest BCUT2D eigenvalue weighted by Crippen LogP contribution is 2.28. The molecular weight excluding hydrogens is 535 g/mol. The van der Waals surface area contributed by atoms with E-state index in [-0.39, 0.29) is 31.5 Å². The minimum Gasteiger partial charge on any atom is -0.465 e. The van der Waals surface area contributed by atoms with E-state index in [9.17, 15) is 14.4 Å². The van der Waals surface area contributed by atoms with Crippen LogP contribution in [-0.2, 0) is 22.6 Å². The van der Waals surface area contributed by atoms with Gasteiger partial charge in [0.05, 0.1) is 24.3 Å². The molecule has 2 heterocycles. The quantitative estimate of drug-likeness (QED) is 0.182. The molecule has 0 unspecified atom stereocenters. The summed E-state index contributed by atoms with van der Waals surface area (Å²) < 4.78 is 5.65. The molecule has 1 aromatic heterocycles. The summed E-state index contributed by atoms with van der Waals surface area (Å²) in [6.07, 6.45) is 1.59. The zero-order valence-corrected chi connectivity index (χ0v) is 20.1. The Hall–Kier alpha value is -3.34. The van der Waals surface area contributed by atoms with Crippen molar-refractivity contribution >= 4 is 46.2 Å². The van der Waals surface area contributed by atoms with Crippen molar-refractivity contribution in [2.24, 2.45) is 0 Å². The minimum atomic E-state index is -0.395. The SMILES string of the molecule is CCOC(=O)CN(Cc1ccccc1)c1nc(I)ncc1CN1C(=O)c2ccccc2C1=O. The molecule has 0 fully saturated rings. The third-order valence-electron chi connectivity index (χ3n) is 5.16. The number of rotatable bonds is 8. The molecular formula is C24H21IN4O4. The number of ether oxygens (including phenoxy) is 1. The van der Waals surface area contributed by atoms with Crippen molar-refractivity contribution in [2.45, 2.75) is 20.0 Å². The van der Waals surface area contributed by atoms with Crippen LogP contribution in [0.2, 0.25) is 0 Å². The largest absolute Gasteiger partial charge is 0.465 e. The summed E-state index contributed by atoms with van der Waals surface area (Å²) in [5.74, 6) is -0.642. The fourth-order valence-electron chi connectivity index (χ4n) is 3.69. The van der Waals surface area contributed by atoms with E-state index in [0.717, 1.165) is 5.56 Å². The lowest BCUT2D eigenvalue weighted by atomic mass is 10.1. The standard InChI is InChI=1S/C24H21IN4O4/c1-2-33-20(30)15-28(13-16-8-4-3-5-9-16)21-17(12-26-24(25)27-21)14-29-22(31)18-10-6-7-11-19(18)23(29)32/h3-12H,2,13-15H2,1H3. The van der Waals surface area contributed by atoms with Gasteiger partial charge in [-0.25, -0.2) is 9.97 Å². The average Bonchev–Trinajstić information content (AvgIpc) is 3.05. The number of fused-ring (bicyclic) bond motifs is 1. The molecule has 9 heteroatoms. The predicted molar refractivity (Wildman–Crippen MR) is 130 cm³/mol. The van der Waals surface area contributed by atoms with Crippen molar-refractivity contribution in [1.29, 1.82) is 0 Å². The Labute approximate surface area is 204 Å². The molecule has 0 N–H and O–H groups in total. The molecule has 8 nitrogen and oxygen atoms in total. The zero-order valence-electron chi connectivity index (χ0n) is 17.9. The monoisotopic (exact) mass is 556 g/mol. The maximum absolute atomic E-state index is 12.9. The molecule has 0 atom stereocenters. The first kappa shape index (κ1) is 22.8. The van der Waals surface area contributed by atoms with Gasteiger partial charge in [0.25, 0.3) is 11.8 Å². The number of halogens is 1. The third kappa shape index (κ3) is 5.03. The van der Waals surface area contributed by atoms with Crippen LogP contribution in [0.5, 0.6) is 0 Å². The Balaban J connectivity index is 1.68. The highest BCUT2D eigenvalue weighted by atomic mass is 127. The Morgan fingerprint density at radius 3 is 2.30 bits per heavy atom. The van der Waals surface area contributed by atoms with Crippen molar-refractivity contribution in [3.05, 3.63) is 86.9 Å². The number of imide groups is 1. The van der Waals surface area contributed by atoms with Gasteiger partial charge >= 0.3 is 5.97 Å². The molecule has 2 aromatic carbocycles. The van der Waals surface area contributed by atoms with Gasteiger partial charge in [0.1, 0.15) is 12.4 Å². The summed E-state index contributed by atoms with van der Waals surface area (Å²) in [7, 11) is 0. The molecule has 0 saturated heterocycles. The molecule has 0 bridgehead atoms. The normalized spacial score (nSPS) is 12.6. The lowest BCUT2D eigenvalue weighted by Crippen LogP contribution is -2.34. The Kier molecular flexibility index (Phi) is 6.97. The lowest BCUT2D eigenvalue weighted by molar-refractivity contribution is -0.141. The van der Waals surface area contributed by atoms with Gasteiger partial charge in [-0.05, 0) is 24.6 Å². The van der Waals surface area contributed by atoms with E-state index < -0.39 is 5.97 Å². The Morgan fingerprint density at radius 1 is 1.03 bits per heavy atom. The average molecular weight is 556 g/mol. The molecule has 1 aliphatic rings.